The van der Waals surface area contributed by atoms with Crippen molar-refractivity contribution < 1.29 is 19.1 Å². The molecule has 0 spiro atoms. The van der Waals surface area contributed by atoms with Gasteiger partial charge in [0.2, 0.25) is 0 Å². The molecule has 1 rings (SSSR count). The summed E-state index contributed by atoms with van der Waals surface area (Å²) in [5.74, 6) is -2.21. The van der Waals surface area contributed by atoms with Crippen molar-refractivity contribution >= 4 is 27.8 Å². The third-order valence-electron chi connectivity index (χ3n) is 2.76. The SMILES string of the molecule is CCC(CNC(=O)c1cc(Br)ccc1F)CC(=O)O. The van der Waals surface area contributed by atoms with Gasteiger partial charge in [-0.25, -0.2) is 4.39 Å². The highest BCUT2D eigenvalue weighted by molar-refractivity contribution is 9.10. The van der Waals surface area contributed by atoms with Gasteiger partial charge in [0.05, 0.1) is 5.56 Å². The second kappa shape index (κ2) is 7.23. The molecule has 104 valence electrons. The molecule has 0 aliphatic heterocycles. The summed E-state index contributed by atoms with van der Waals surface area (Å²) < 4.78 is 14.1. The molecule has 1 amide bonds. The van der Waals surface area contributed by atoms with Crippen molar-refractivity contribution in [3.8, 4) is 0 Å². The number of carboxylic acid groups (broad SMARTS) is 1. The van der Waals surface area contributed by atoms with Crippen molar-refractivity contribution in [2.75, 3.05) is 6.54 Å². The van der Waals surface area contributed by atoms with E-state index in [4.69, 9.17) is 5.11 Å². The fourth-order valence-electron chi connectivity index (χ4n) is 1.61. The largest absolute Gasteiger partial charge is 0.481 e. The highest BCUT2D eigenvalue weighted by Gasteiger charge is 2.15. The molecule has 6 heteroatoms. The minimum absolute atomic E-state index is 0.0161. The van der Waals surface area contributed by atoms with E-state index in [1.807, 2.05) is 6.92 Å². The topological polar surface area (TPSA) is 66.4 Å². The summed E-state index contributed by atoms with van der Waals surface area (Å²) in [7, 11) is 0. The van der Waals surface area contributed by atoms with Gasteiger partial charge < -0.3 is 10.4 Å². The first-order valence-electron chi connectivity index (χ1n) is 5.89. The van der Waals surface area contributed by atoms with Gasteiger partial charge in [-0.3, -0.25) is 9.59 Å². The zero-order valence-corrected chi connectivity index (χ0v) is 12.0. The van der Waals surface area contributed by atoms with E-state index in [0.29, 0.717) is 10.9 Å². The minimum atomic E-state index is -0.908. The van der Waals surface area contributed by atoms with E-state index in [0.717, 1.165) is 0 Å². The molecule has 4 nitrogen and oxygen atoms in total. The molecule has 1 aromatic carbocycles. The molecule has 2 N–H and O–H groups in total. The van der Waals surface area contributed by atoms with Crippen LogP contribution in [0.5, 0.6) is 0 Å². The molecular formula is C13H15BrFNO3. The number of hydrogen-bond acceptors (Lipinski definition) is 2. The molecule has 0 aliphatic carbocycles. The molecule has 0 bridgehead atoms. The minimum Gasteiger partial charge on any atom is -0.481 e. The number of amides is 1. The predicted molar refractivity (Wildman–Crippen MR) is 72.5 cm³/mol. The van der Waals surface area contributed by atoms with Crippen LogP contribution in [0.15, 0.2) is 22.7 Å². The zero-order chi connectivity index (χ0) is 14.4. The van der Waals surface area contributed by atoms with Crippen LogP contribution in [0.4, 0.5) is 4.39 Å². The van der Waals surface area contributed by atoms with Gasteiger partial charge in [0.15, 0.2) is 0 Å². The molecule has 0 radical (unpaired) electrons. The van der Waals surface area contributed by atoms with Crippen LogP contribution in [0.1, 0.15) is 30.1 Å². The van der Waals surface area contributed by atoms with Gasteiger partial charge in [0.25, 0.3) is 5.91 Å². The summed E-state index contributed by atoms with van der Waals surface area (Å²) in [6.45, 7) is 2.06. The molecule has 1 unspecified atom stereocenters. The summed E-state index contributed by atoms with van der Waals surface area (Å²) >= 11 is 3.17. The Labute approximate surface area is 119 Å². The van der Waals surface area contributed by atoms with Crippen LogP contribution in [0, 0.1) is 11.7 Å². The monoisotopic (exact) mass is 331 g/mol. The van der Waals surface area contributed by atoms with Gasteiger partial charge in [-0.2, -0.15) is 0 Å². The van der Waals surface area contributed by atoms with Crippen molar-refractivity contribution in [3.63, 3.8) is 0 Å². The molecule has 0 aromatic heterocycles. The number of carboxylic acids is 1. The molecule has 0 saturated carbocycles. The van der Waals surface area contributed by atoms with Crippen LogP contribution < -0.4 is 5.32 Å². The second-order valence-corrected chi connectivity index (χ2v) is 5.12. The lowest BCUT2D eigenvalue weighted by atomic mass is 10.0. The average Bonchev–Trinajstić information content (AvgIpc) is 2.36. The Morgan fingerprint density at radius 2 is 2.16 bits per heavy atom. The summed E-state index contributed by atoms with van der Waals surface area (Å²) in [6.07, 6.45) is 0.616. The fourth-order valence-corrected chi connectivity index (χ4v) is 1.97. The maximum Gasteiger partial charge on any atom is 0.303 e. The lowest BCUT2D eigenvalue weighted by Gasteiger charge is -2.13. The zero-order valence-electron chi connectivity index (χ0n) is 10.5. The molecule has 19 heavy (non-hydrogen) atoms. The fraction of sp³-hybridized carbons (Fsp3) is 0.385. The van der Waals surface area contributed by atoms with E-state index < -0.39 is 17.7 Å². The van der Waals surface area contributed by atoms with Crippen LogP contribution >= 0.6 is 15.9 Å². The number of halogens is 2. The Balaban J connectivity index is 2.64. The lowest BCUT2D eigenvalue weighted by molar-refractivity contribution is -0.138. The van der Waals surface area contributed by atoms with Crippen molar-refractivity contribution in [1.82, 2.24) is 5.32 Å². The Morgan fingerprint density at radius 3 is 2.74 bits per heavy atom. The number of rotatable bonds is 6. The van der Waals surface area contributed by atoms with Crippen LogP contribution in [0.3, 0.4) is 0 Å². The van der Waals surface area contributed by atoms with E-state index in [-0.39, 0.29) is 24.4 Å². The Morgan fingerprint density at radius 1 is 1.47 bits per heavy atom. The summed E-state index contributed by atoms with van der Waals surface area (Å²) in [4.78, 5) is 22.4. The molecule has 1 atom stereocenters. The van der Waals surface area contributed by atoms with Crippen molar-refractivity contribution in [1.29, 1.82) is 0 Å². The first-order chi connectivity index (χ1) is 8.93. The standard InChI is InChI=1S/C13H15BrFNO3/c1-2-8(5-12(17)18)7-16-13(19)10-6-9(14)3-4-11(10)15/h3-4,6,8H,2,5,7H2,1H3,(H,16,19)(H,17,18). The maximum atomic E-state index is 13.5. The summed E-state index contributed by atoms with van der Waals surface area (Å²) in [5, 5.41) is 11.3. The van der Waals surface area contributed by atoms with E-state index in [1.54, 1.807) is 0 Å². The summed E-state index contributed by atoms with van der Waals surface area (Å²) in [5.41, 5.74) is -0.0560. The van der Waals surface area contributed by atoms with Gasteiger partial charge in [-0.15, -0.1) is 0 Å². The van der Waals surface area contributed by atoms with Crippen LogP contribution in [-0.4, -0.2) is 23.5 Å². The molecule has 0 heterocycles. The van der Waals surface area contributed by atoms with Gasteiger partial charge in [0.1, 0.15) is 5.82 Å². The van der Waals surface area contributed by atoms with E-state index in [9.17, 15) is 14.0 Å². The average molecular weight is 332 g/mol. The number of nitrogens with one attached hydrogen (secondary N) is 1. The number of carbonyl (C=O) groups is 2. The highest BCUT2D eigenvalue weighted by atomic mass is 79.9. The number of hydrogen-bond donors (Lipinski definition) is 2. The van der Waals surface area contributed by atoms with Crippen LogP contribution in [-0.2, 0) is 4.79 Å². The second-order valence-electron chi connectivity index (χ2n) is 4.21. The van der Waals surface area contributed by atoms with E-state index in [1.165, 1.54) is 18.2 Å². The van der Waals surface area contributed by atoms with Crippen molar-refractivity contribution in [3.05, 3.63) is 34.1 Å². The van der Waals surface area contributed by atoms with E-state index >= 15 is 0 Å². The van der Waals surface area contributed by atoms with Gasteiger partial charge >= 0.3 is 5.97 Å². The maximum absolute atomic E-state index is 13.5. The van der Waals surface area contributed by atoms with Crippen LogP contribution in [0.2, 0.25) is 0 Å². The first-order valence-corrected chi connectivity index (χ1v) is 6.68. The van der Waals surface area contributed by atoms with Crippen molar-refractivity contribution in [2.24, 2.45) is 5.92 Å². The molecular weight excluding hydrogens is 317 g/mol. The quantitative estimate of drug-likeness (QED) is 0.842. The smallest absolute Gasteiger partial charge is 0.303 e. The Hall–Kier alpha value is -1.43. The number of benzene rings is 1. The molecule has 0 aliphatic rings. The summed E-state index contributed by atoms with van der Waals surface area (Å²) in [6, 6.07) is 4.10. The normalized spacial score (nSPS) is 11.9. The van der Waals surface area contributed by atoms with Gasteiger partial charge in [0, 0.05) is 17.4 Å². The highest BCUT2D eigenvalue weighted by Crippen LogP contribution is 2.15. The van der Waals surface area contributed by atoms with Crippen molar-refractivity contribution in [2.45, 2.75) is 19.8 Å². The third kappa shape index (κ3) is 4.98. The molecule has 0 saturated heterocycles. The van der Waals surface area contributed by atoms with Gasteiger partial charge in [-0.05, 0) is 24.1 Å². The first kappa shape index (κ1) is 15.6. The number of aliphatic carboxylic acids is 1. The third-order valence-corrected chi connectivity index (χ3v) is 3.26. The molecule has 1 aromatic rings. The predicted octanol–water partition coefficient (Wildman–Crippen LogP) is 2.82. The number of carbonyl (C=O) groups excluding carboxylic acids is 1. The van der Waals surface area contributed by atoms with E-state index in [2.05, 4.69) is 21.2 Å². The Bertz CT molecular complexity index is 479. The van der Waals surface area contributed by atoms with Gasteiger partial charge in [-0.1, -0.05) is 29.3 Å². The molecule has 0 fully saturated rings. The van der Waals surface area contributed by atoms with Crippen LogP contribution in [0.25, 0.3) is 0 Å². The Kier molecular flexibility index (Phi) is 5.95. The lowest BCUT2D eigenvalue weighted by Crippen LogP contribution is -2.30.